The van der Waals surface area contributed by atoms with Gasteiger partial charge >= 0.3 is 0 Å². The summed E-state index contributed by atoms with van der Waals surface area (Å²) in [4.78, 5) is 14.2. The van der Waals surface area contributed by atoms with Crippen molar-refractivity contribution in [2.24, 2.45) is 10.7 Å². The van der Waals surface area contributed by atoms with E-state index in [1.54, 1.807) is 6.20 Å². The SMILES string of the molecule is NC(=O)C1=CNC=CN=C1. The molecular weight excluding hydrogens is 130 g/mol. The quantitative estimate of drug-likeness (QED) is 0.511. The van der Waals surface area contributed by atoms with Crippen molar-refractivity contribution in [2.45, 2.75) is 0 Å². The van der Waals surface area contributed by atoms with Gasteiger partial charge in [0.15, 0.2) is 0 Å². The number of nitrogens with two attached hydrogens (primary N) is 1. The lowest BCUT2D eigenvalue weighted by Gasteiger charge is -1.90. The summed E-state index contributed by atoms with van der Waals surface area (Å²) < 4.78 is 0. The van der Waals surface area contributed by atoms with Crippen molar-refractivity contribution in [2.75, 3.05) is 0 Å². The zero-order valence-electron chi connectivity index (χ0n) is 5.24. The van der Waals surface area contributed by atoms with E-state index in [-0.39, 0.29) is 0 Å². The molecule has 0 aromatic carbocycles. The van der Waals surface area contributed by atoms with Crippen molar-refractivity contribution in [3.8, 4) is 0 Å². The second-order valence-electron chi connectivity index (χ2n) is 1.72. The Labute approximate surface area is 58.1 Å². The molecule has 0 fully saturated rings. The second-order valence-corrected chi connectivity index (χ2v) is 1.72. The zero-order chi connectivity index (χ0) is 7.40. The lowest BCUT2D eigenvalue weighted by Crippen LogP contribution is -2.16. The Morgan fingerprint density at radius 2 is 2.50 bits per heavy atom. The van der Waals surface area contributed by atoms with Crippen LogP contribution in [0.4, 0.5) is 0 Å². The number of carbonyl (C=O) groups is 1. The molecule has 1 aliphatic heterocycles. The third-order valence-electron chi connectivity index (χ3n) is 0.994. The Morgan fingerprint density at radius 3 is 3.20 bits per heavy atom. The predicted octanol–water partition coefficient (Wildman–Crippen LogP) is -0.499. The molecule has 4 heteroatoms. The van der Waals surface area contributed by atoms with Gasteiger partial charge < -0.3 is 11.1 Å². The topological polar surface area (TPSA) is 67.5 Å². The van der Waals surface area contributed by atoms with E-state index in [1.807, 2.05) is 0 Å². The van der Waals surface area contributed by atoms with Crippen molar-refractivity contribution in [3.63, 3.8) is 0 Å². The maximum atomic E-state index is 10.5. The van der Waals surface area contributed by atoms with Crippen LogP contribution in [0.1, 0.15) is 0 Å². The number of aliphatic imine (C=N–C) groups is 1. The van der Waals surface area contributed by atoms with Crippen LogP contribution < -0.4 is 11.1 Å². The van der Waals surface area contributed by atoms with Gasteiger partial charge in [0.05, 0.1) is 5.57 Å². The van der Waals surface area contributed by atoms with Crippen LogP contribution in [0.25, 0.3) is 0 Å². The summed E-state index contributed by atoms with van der Waals surface area (Å²) in [5.74, 6) is -0.486. The molecular formula is C6H7N3O. The first-order valence-corrected chi connectivity index (χ1v) is 2.75. The highest BCUT2D eigenvalue weighted by Crippen LogP contribution is 1.90. The van der Waals surface area contributed by atoms with Crippen LogP contribution in [-0.2, 0) is 4.79 Å². The number of rotatable bonds is 1. The highest BCUT2D eigenvalue weighted by Gasteiger charge is 1.99. The smallest absolute Gasteiger partial charge is 0.251 e. The third-order valence-corrected chi connectivity index (χ3v) is 0.994. The summed E-state index contributed by atoms with van der Waals surface area (Å²) in [7, 11) is 0. The van der Waals surface area contributed by atoms with Crippen LogP contribution in [0.5, 0.6) is 0 Å². The molecule has 1 rings (SSSR count). The van der Waals surface area contributed by atoms with E-state index < -0.39 is 5.91 Å². The number of nitrogens with zero attached hydrogens (tertiary/aromatic N) is 1. The van der Waals surface area contributed by atoms with Crippen molar-refractivity contribution in [1.82, 2.24) is 5.32 Å². The van der Waals surface area contributed by atoms with Gasteiger partial charge in [-0.2, -0.15) is 0 Å². The van der Waals surface area contributed by atoms with Crippen molar-refractivity contribution in [1.29, 1.82) is 0 Å². The fourth-order valence-corrected chi connectivity index (χ4v) is 0.519. The first-order valence-electron chi connectivity index (χ1n) is 2.75. The van der Waals surface area contributed by atoms with Gasteiger partial charge in [0.2, 0.25) is 0 Å². The minimum absolute atomic E-state index is 0.366. The summed E-state index contributed by atoms with van der Waals surface area (Å²) >= 11 is 0. The van der Waals surface area contributed by atoms with E-state index >= 15 is 0 Å². The molecule has 4 nitrogen and oxygen atoms in total. The van der Waals surface area contributed by atoms with Crippen LogP contribution >= 0.6 is 0 Å². The van der Waals surface area contributed by atoms with E-state index in [0.717, 1.165) is 0 Å². The van der Waals surface area contributed by atoms with Gasteiger partial charge in [-0.1, -0.05) is 0 Å². The van der Waals surface area contributed by atoms with Crippen molar-refractivity contribution in [3.05, 3.63) is 24.2 Å². The lowest BCUT2D eigenvalue weighted by molar-refractivity contribution is -0.114. The summed E-state index contributed by atoms with van der Waals surface area (Å²) in [5, 5.41) is 2.71. The van der Waals surface area contributed by atoms with Crippen LogP contribution in [0, 0.1) is 0 Å². The third kappa shape index (κ3) is 1.45. The highest BCUT2D eigenvalue weighted by molar-refractivity contribution is 6.11. The highest BCUT2D eigenvalue weighted by atomic mass is 16.1. The number of amides is 1. The molecule has 10 heavy (non-hydrogen) atoms. The normalized spacial score (nSPS) is 15.4. The molecule has 3 N–H and O–H groups in total. The molecule has 1 aliphatic rings. The Bertz CT molecular complexity index is 227. The van der Waals surface area contributed by atoms with Gasteiger partial charge in [0, 0.05) is 24.8 Å². The lowest BCUT2D eigenvalue weighted by atomic mass is 10.3. The molecule has 0 unspecified atom stereocenters. The maximum absolute atomic E-state index is 10.5. The summed E-state index contributed by atoms with van der Waals surface area (Å²) in [6.45, 7) is 0. The monoisotopic (exact) mass is 137 g/mol. The summed E-state index contributed by atoms with van der Waals surface area (Å²) in [6, 6.07) is 0. The minimum atomic E-state index is -0.486. The van der Waals surface area contributed by atoms with Gasteiger partial charge in [0.25, 0.3) is 5.91 Å². The number of hydrogen-bond donors (Lipinski definition) is 2. The maximum Gasteiger partial charge on any atom is 0.251 e. The van der Waals surface area contributed by atoms with Crippen LogP contribution in [0.15, 0.2) is 29.2 Å². The fourth-order valence-electron chi connectivity index (χ4n) is 0.519. The van der Waals surface area contributed by atoms with E-state index in [2.05, 4.69) is 10.3 Å². The molecule has 52 valence electrons. The molecule has 1 heterocycles. The molecule has 1 amide bonds. The van der Waals surface area contributed by atoms with Gasteiger partial charge in [-0.25, -0.2) is 0 Å². The molecule has 0 spiro atoms. The summed E-state index contributed by atoms with van der Waals surface area (Å²) in [5.41, 5.74) is 5.34. The minimum Gasteiger partial charge on any atom is -0.366 e. The largest absolute Gasteiger partial charge is 0.366 e. The van der Waals surface area contributed by atoms with Crippen LogP contribution in [0.3, 0.4) is 0 Å². The first-order chi connectivity index (χ1) is 4.80. The van der Waals surface area contributed by atoms with E-state index in [9.17, 15) is 4.79 Å². The standard InChI is InChI=1S/C6H7N3O/c7-6(10)5-3-8-1-2-9-4-5/h1-4,8H,(H2,7,10). The second kappa shape index (κ2) is 2.82. The fraction of sp³-hybridized carbons (Fsp3) is 0. The Hall–Kier alpha value is -1.58. The molecule has 0 atom stereocenters. The van der Waals surface area contributed by atoms with E-state index in [0.29, 0.717) is 5.57 Å². The zero-order valence-corrected chi connectivity index (χ0v) is 5.24. The van der Waals surface area contributed by atoms with Crippen LogP contribution in [-0.4, -0.2) is 12.1 Å². The number of nitrogens with one attached hydrogen (secondary N) is 1. The molecule has 0 aromatic heterocycles. The Balaban J connectivity index is 2.78. The van der Waals surface area contributed by atoms with Crippen LogP contribution in [0.2, 0.25) is 0 Å². The molecule has 0 saturated carbocycles. The molecule has 0 aromatic rings. The average Bonchev–Trinajstić information content (AvgIpc) is 2.12. The van der Waals surface area contributed by atoms with Gasteiger partial charge in [-0.3, -0.25) is 9.79 Å². The van der Waals surface area contributed by atoms with Gasteiger partial charge in [-0.05, 0) is 0 Å². The molecule has 0 bridgehead atoms. The average molecular weight is 137 g/mol. The van der Waals surface area contributed by atoms with Gasteiger partial charge in [-0.15, -0.1) is 0 Å². The molecule has 0 radical (unpaired) electrons. The van der Waals surface area contributed by atoms with Crippen molar-refractivity contribution < 1.29 is 4.79 Å². The first kappa shape index (κ1) is 6.54. The molecule has 0 aliphatic carbocycles. The predicted molar refractivity (Wildman–Crippen MR) is 38.0 cm³/mol. The van der Waals surface area contributed by atoms with E-state index in [4.69, 9.17) is 5.73 Å². The molecule has 0 saturated heterocycles. The Morgan fingerprint density at radius 1 is 1.70 bits per heavy atom. The Kier molecular flexibility index (Phi) is 1.84. The van der Waals surface area contributed by atoms with E-state index in [1.165, 1.54) is 18.6 Å². The number of primary amides is 1. The number of hydrogen-bond acceptors (Lipinski definition) is 3. The number of carbonyl (C=O) groups excluding carboxylic acids is 1. The summed E-state index contributed by atoms with van der Waals surface area (Å²) in [6.07, 6.45) is 6.03. The van der Waals surface area contributed by atoms with Crippen molar-refractivity contribution >= 4 is 12.1 Å². The van der Waals surface area contributed by atoms with Gasteiger partial charge in [0.1, 0.15) is 0 Å².